The molecule has 0 spiro atoms. The van der Waals surface area contributed by atoms with Gasteiger partial charge in [-0.15, -0.1) is 0 Å². The zero-order valence-corrected chi connectivity index (χ0v) is 18.3. The minimum Gasteiger partial charge on any atom is -0.494 e. The molecule has 1 amide bonds. The van der Waals surface area contributed by atoms with Crippen LogP contribution >= 0.6 is 27.3 Å². The van der Waals surface area contributed by atoms with Crippen LogP contribution in [0, 0.1) is 6.92 Å². The number of amides is 1. The lowest BCUT2D eigenvalue weighted by Crippen LogP contribution is -2.30. The number of pyridine rings is 1. The maximum Gasteiger partial charge on any atom is 0.260 e. The quantitative estimate of drug-likeness (QED) is 0.382. The average Bonchev–Trinajstić information content (AvgIpc) is 3.19. The zero-order valence-electron chi connectivity index (χ0n) is 15.9. The molecule has 0 fully saturated rings. The van der Waals surface area contributed by atoms with E-state index < -0.39 is 0 Å². The van der Waals surface area contributed by atoms with Gasteiger partial charge in [0.2, 0.25) is 0 Å². The number of aromatic nitrogens is 2. The molecule has 0 unspecified atom stereocenters. The van der Waals surface area contributed by atoms with Crippen molar-refractivity contribution in [1.29, 1.82) is 0 Å². The standard InChI is InChI=1S/C22H18BrN3O2S/c1-14-5-10-18(28-2)19-20(14)29-22(25-19)26(13-15-4-3-11-24-12-15)21(27)16-6-8-17(23)9-7-16/h3-12H,13H2,1-2H3. The zero-order chi connectivity index (χ0) is 20.4. The Morgan fingerprint density at radius 2 is 1.97 bits per heavy atom. The normalized spacial score (nSPS) is 10.9. The number of rotatable bonds is 5. The molecule has 146 valence electrons. The summed E-state index contributed by atoms with van der Waals surface area (Å²) in [5.74, 6) is 0.586. The Hall–Kier alpha value is -2.77. The number of halogens is 1. The number of fused-ring (bicyclic) bond motifs is 1. The van der Waals surface area contributed by atoms with E-state index in [4.69, 9.17) is 9.72 Å². The molecular weight excluding hydrogens is 450 g/mol. The monoisotopic (exact) mass is 467 g/mol. The van der Waals surface area contributed by atoms with Gasteiger partial charge in [-0.05, 0) is 54.4 Å². The number of hydrogen-bond acceptors (Lipinski definition) is 5. The largest absolute Gasteiger partial charge is 0.494 e. The predicted molar refractivity (Wildman–Crippen MR) is 120 cm³/mol. The molecule has 2 heterocycles. The summed E-state index contributed by atoms with van der Waals surface area (Å²) >= 11 is 4.91. The molecule has 0 saturated carbocycles. The number of benzene rings is 2. The molecule has 0 bridgehead atoms. The van der Waals surface area contributed by atoms with Gasteiger partial charge in [-0.2, -0.15) is 0 Å². The number of carbonyl (C=O) groups is 1. The van der Waals surface area contributed by atoms with Crippen LogP contribution in [0.3, 0.4) is 0 Å². The lowest BCUT2D eigenvalue weighted by atomic mass is 10.2. The van der Waals surface area contributed by atoms with E-state index in [1.165, 1.54) is 11.3 Å². The van der Waals surface area contributed by atoms with Crippen molar-refractivity contribution >= 4 is 48.5 Å². The number of methoxy groups -OCH3 is 1. The smallest absolute Gasteiger partial charge is 0.260 e. The van der Waals surface area contributed by atoms with Crippen molar-refractivity contribution in [2.45, 2.75) is 13.5 Å². The van der Waals surface area contributed by atoms with Crippen molar-refractivity contribution in [2.24, 2.45) is 0 Å². The molecule has 5 nitrogen and oxygen atoms in total. The highest BCUT2D eigenvalue weighted by Crippen LogP contribution is 2.37. The van der Waals surface area contributed by atoms with Crippen molar-refractivity contribution in [1.82, 2.24) is 9.97 Å². The van der Waals surface area contributed by atoms with Gasteiger partial charge in [0, 0.05) is 22.4 Å². The van der Waals surface area contributed by atoms with E-state index in [9.17, 15) is 4.79 Å². The fraction of sp³-hybridized carbons (Fsp3) is 0.136. The van der Waals surface area contributed by atoms with Crippen LogP contribution < -0.4 is 9.64 Å². The molecular formula is C22H18BrN3O2S. The van der Waals surface area contributed by atoms with Crippen LogP contribution in [0.2, 0.25) is 0 Å². The molecule has 4 rings (SSSR count). The summed E-state index contributed by atoms with van der Waals surface area (Å²) < 4.78 is 7.41. The Morgan fingerprint density at radius 3 is 2.66 bits per heavy atom. The SMILES string of the molecule is COc1ccc(C)c2sc(N(Cc3cccnc3)C(=O)c3ccc(Br)cc3)nc12. The summed E-state index contributed by atoms with van der Waals surface area (Å²) in [5.41, 5.74) is 3.40. The van der Waals surface area contributed by atoms with Gasteiger partial charge in [0.15, 0.2) is 5.13 Å². The molecule has 0 aliphatic carbocycles. The van der Waals surface area contributed by atoms with E-state index in [0.717, 1.165) is 25.8 Å². The first-order valence-electron chi connectivity index (χ1n) is 8.97. The first-order valence-corrected chi connectivity index (χ1v) is 10.6. The van der Waals surface area contributed by atoms with E-state index in [0.29, 0.717) is 23.0 Å². The Labute approximate surface area is 181 Å². The minimum atomic E-state index is -0.114. The van der Waals surface area contributed by atoms with Gasteiger partial charge in [-0.1, -0.05) is 39.4 Å². The van der Waals surface area contributed by atoms with E-state index in [-0.39, 0.29) is 5.91 Å². The van der Waals surface area contributed by atoms with Crippen LogP contribution in [0.25, 0.3) is 10.2 Å². The Balaban J connectivity index is 1.81. The first-order chi connectivity index (χ1) is 14.1. The number of aryl methyl sites for hydroxylation is 1. The van der Waals surface area contributed by atoms with Crippen LogP contribution in [0.5, 0.6) is 5.75 Å². The van der Waals surface area contributed by atoms with Gasteiger partial charge in [0.1, 0.15) is 11.3 Å². The highest BCUT2D eigenvalue weighted by Gasteiger charge is 2.23. The van der Waals surface area contributed by atoms with Crippen LogP contribution in [-0.4, -0.2) is 23.0 Å². The molecule has 0 N–H and O–H groups in total. The van der Waals surface area contributed by atoms with E-state index in [2.05, 4.69) is 20.9 Å². The average molecular weight is 468 g/mol. The van der Waals surface area contributed by atoms with Gasteiger partial charge in [-0.25, -0.2) is 4.98 Å². The topological polar surface area (TPSA) is 55.3 Å². The number of ether oxygens (including phenoxy) is 1. The van der Waals surface area contributed by atoms with E-state index >= 15 is 0 Å². The molecule has 7 heteroatoms. The number of hydrogen-bond donors (Lipinski definition) is 0. The number of thiazole rings is 1. The van der Waals surface area contributed by atoms with Crippen molar-refractivity contribution < 1.29 is 9.53 Å². The minimum absolute atomic E-state index is 0.114. The Morgan fingerprint density at radius 1 is 1.17 bits per heavy atom. The Kier molecular flexibility index (Phi) is 5.60. The van der Waals surface area contributed by atoms with Crippen molar-refractivity contribution in [3.8, 4) is 5.75 Å². The molecule has 4 aromatic rings. The van der Waals surface area contributed by atoms with Gasteiger partial charge in [0.05, 0.1) is 18.4 Å². The fourth-order valence-electron chi connectivity index (χ4n) is 3.03. The number of anilines is 1. The van der Waals surface area contributed by atoms with Crippen molar-refractivity contribution in [2.75, 3.05) is 12.0 Å². The predicted octanol–water partition coefficient (Wildman–Crippen LogP) is 5.62. The third-order valence-electron chi connectivity index (χ3n) is 4.54. The maximum absolute atomic E-state index is 13.4. The van der Waals surface area contributed by atoms with Gasteiger partial charge in [0.25, 0.3) is 5.91 Å². The van der Waals surface area contributed by atoms with Crippen LogP contribution in [0.4, 0.5) is 5.13 Å². The summed E-state index contributed by atoms with van der Waals surface area (Å²) in [4.78, 5) is 24.1. The molecule has 29 heavy (non-hydrogen) atoms. The second kappa shape index (κ2) is 8.31. The third-order valence-corrected chi connectivity index (χ3v) is 6.29. The molecule has 0 radical (unpaired) electrons. The molecule has 2 aromatic heterocycles. The highest BCUT2D eigenvalue weighted by atomic mass is 79.9. The molecule has 0 saturated heterocycles. The van der Waals surface area contributed by atoms with Crippen molar-refractivity contribution in [3.05, 3.63) is 82.1 Å². The lowest BCUT2D eigenvalue weighted by Gasteiger charge is -2.20. The summed E-state index contributed by atoms with van der Waals surface area (Å²) in [6.45, 7) is 2.41. The second-order valence-corrected chi connectivity index (χ2v) is 8.41. The molecule has 0 atom stereocenters. The van der Waals surface area contributed by atoms with E-state index in [1.54, 1.807) is 24.4 Å². The van der Waals surface area contributed by atoms with E-state index in [1.807, 2.05) is 55.5 Å². The second-order valence-electron chi connectivity index (χ2n) is 6.52. The Bertz CT molecular complexity index is 1160. The summed E-state index contributed by atoms with van der Waals surface area (Å²) in [5, 5.41) is 0.629. The van der Waals surface area contributed by atoms with Gasteiger partial charge >= 0.3 is 0 Å². The van der Waals surface area contributed by atoms with Crippen molar-refractivity contribution in [3.63, 3.8) is 0 Å². The fourth-order valence-corrected chi connectivity index (χ4v) is 4.34. The van der Waals surface area contributed by atoms with Gasteiger partial charge in [-0.3, -0.25) is 14.7 Å². The van der Waals surface area contributed by atoms with Crippen LogP contribution in [0.15, 0.2) is 65.4 Å². The van der Waals surface area contributed by atoms with Gasteiger partial charge < -0.3 is 4.74 Å². The van der Waals surface area contributed by atoms with Crippen LogP contribution in [0.1, 0.15) is 21.5 Å². The van der Waals surface area contributed by atoms with Crippen LogP contribution in [-0.2, 0) is 6.54 Å². The lowest BCUT2D eigenvalue weighted by molar-refractivity contribution is 0.0985. The third kappa shape index (κ3) is 4.02. The number of nitrogens with zero attached hydrogens (tertiary/aromatic N) is 3. The first kappa shape index (κ1) is 19.5. The number of carbonyl (C=O) groups excluding carboxylic acids is 1. The maximum atomic E-state index is 13.4. The molecule has 0 aliphatic rings. The molecule has 2 aromatic carbocycles. The summed E-state index contributed by atoms with van der Waals surface area (Å²) in [7, 11) is 1.63. The molecule has 0 aliphatic heterocycles. The highest BCUT2D eigenvalue weighted by molar-refractivity contribution is 9.10. The summed E-state index contributed by atoms with van der Waals surface area (Å²) in [6, 6.07) is 15.1. The summed E-state index contributed by atoms with van der Waals surface area (Å²) in [6.07, 6.45) is 3.48.